The Morgan fingerprint density at radius 3 is 1.15 bits per heavy atom. The molecule has 2 unspecified atom stereocenters. The number of nitrogens with one attached hydrogen (secondary N) is 2. The van der Waals surface area contributed by atoms with Gasteiger partial charge in [-0.05, 0) is 38.8 Å². The number of aliphatic hydroxyl groups excluding tert-OH is 2. The monoisotopic (exact) mass is 372 g/mol. The summed E-state index contributed by atoms with van der Waals surface area (Å²) in [6.45, 7) is 7.82. The van der Waals surface area contributed by atoms with Gasteiger partial charge in [0.25, 0.3) is 0 Å². The molecule has 0 saturated heterocycles. The van der Waals surface area contributed by atoms with E-state index in [0.29, 0.717) is 0 Å². The maximum atomic E-state index is 9.62. The van der Waals surface area contributed by atoms with Gasteiger partial charge in [0.2, 0.25) is 0 Å². The van der Waals surface area contributed by atoms with E-state index in [4.69, 9.17) is 0 Å². The zero-order valence-corrected chi connectivity index (χ0v) is 17.8. The Hall–Kier alpha value is -0.160. The molecule has 0 heterocycles. The molecule has 0 rings (SSSR count). The lowest BCUT2D eigenvalue weighted by Gasteiger charge is -2.10. The SMILES string of the molecule is CCCC(O)CNCCCCCCCCCCCCNCC(O)CCC. The van der Waals surface area contributed by atoms with Gasteiger partial charge >= 0.3 is 0 Å². The molecule has 0 fully saturated rings. The van der Waals surface area contributed by atoms with Crippen LogP contribution in [-0.4, -0.2) is 48.6 Å². The lowest BCUT2D eigenvalue weighted by atomic mass is 10.1. The fourth-order valence-electron chi connectivity index (χ4n) is 3.32. The molecule has 0 aliphatic carbocycles. The number of rotatable bonds is 21. The third kappa shape index (κ3) is 20.2. The second kappa shape index (κ2) is 21.1. The van der Waals surface area contributed by atoms with Crippen LogP contribution in [0.1, 0.15) is 104 Å². The summed E-state index contributed by atoms with van der Waals surface area (Å²) in [5.41, 5.74) is 0. The van der Waals surface area contributed by atoms with E-state index in [1.54, 1.807) is 0 Å². The average Bonchev–Trinajstić information content (AvgIpc) is 2.61. The van der Waals surface area contributed by atoms with Gasteiger partial charge in [0, 0.05) is 13.1 Å². The van der Waals surface area contributed by atoms with E-state index in [1.165, 1.54) is 64.2 Å². The molecule has 26 heavy (non-hydrogen) atoms. The molecule has 0 aliphatic heterocycles. The lowest BCUT2D eigenvalue weighted by molar-refractivity contribution is 0.160. The first-order valence-electron chi connectivity index (χ1n) is 11.5. The van der Waals surface area contributed by atoms with Crippen LogP contribution in [0.25, 0.3) is 0 Å². The lowest BCUT2D eigenvalue weighted by Crippen LogP contribution is -2.27. The Morgan fingerprint density at radius 1 is 0.538 bits per heavy atom. The molecule has 0 amide bonds. The Morgan fingerprint density at radius 2 is 0.846 bits per heavy atom. The summed E-state index contributed by atoms with van der Waals surface area (Å²) in [6.07, 6.45) is 16.9. The van der Waals surface area contributed by atoms with Crippen LogP contribution in [0.2, 0.25) is 0 Å². The van der Waals surface area contributed by atoms with Crippen LogP contribution in [0.4, 0.5) is 0 Å². The van der Waals surface area contributed by atoms with Crippen molar-refractivity contribution in [3.63, 3.8) is 0 Å². The van der Waals surface area contributed by atoms with Crippen LogP contribution in [0.3, 0.4) is 0 Å². The largest absolute Gasteiger partial charge is 0.392 e. The molecule has 0 bridgehead atoms. The van der Waals surface area contributed by atoms with Crippen LogP contribution < -0.4 is 10.6 Å². The maximum Gasteiger partial charge on any atom is 0.0664 e. The Balaban J connectivity index is 3.07. The molecule has 0 spiro atoms. The van der Waals surface area contributed by atoms with Crippen LogP contribution >= 0.6 is 0 Å². The van der Waals surface area contributed by atoms with Gasteiger partial charge in [-0.3, -0.25) is 0 Å². The number of aliphatic hydroxyl groups is 2. The Labute approximate surface area is 163 Å². The summed E-state index contributed by atoms with van der Waals surface area (Å²) >= 11 is 0. The second-order valence-corrected chi connectivity index (χ2v) is 7.83. The second-order valence-electron chi connectivity index (χ2n) is 7.83. The summed E-state index contributed by atoms with van der Waals surface area (Å²) in [4.78, 5) is 0. The van der Waals surface area contributed by atoms with E-state index >= 15 is 0 Å². The van der Waals surface area contributed by atoms with Crippen molar-refractivity contribution >= 4 is 0 Å². The topological polar surface area (TPSA) is 64.5 Å². The zero-order valence-electron chi connectivity index (χ0n) is 17.8. The van der Waals surface area contributed by atoms with Gasteiger partial charge in [0.1, 0.15) is 0 Å². The Kier molecular flexibility index (Phi) is 21.0. The molecule has 0 aromatic rings. The third-order valence-corrected chi connectivity index (χ3v) is 4.96. The minimum atomic E-state index is -0.163. The molecular weight excluding hydrogens is 324 g/mol. The van der Waals surface area contributed by atoms with E-state index in [1.807, 2.05) is 0 Å². The molecule has 4 nitrogen and oxygen atoms in total. The first kappa shape index (κ1) is 25.8. The highest BCUT2D eigenvalue weighted by atomic mass is 16.3. The maximum absolute atomic E-state index is 9.62. The normalized spacial score (nSPS) is 13.8. The predicted molar refractivity (Wildman–Crippen MR) is 114 cm³/mol. The van der Waals surface area contributed by atoms with E-state index in [0.717, 1.165) is 51.9 Å². The molecule has 2 atom stereocenters. The first-order chi connectivity index (χ1) is 12.7. The smallest absolute Gasteiger partial charge is 0.0664 e. The summed E-state index contributed by atoms with van der Waals surface area (Å²) < 4.78 is 0. The van der Waals surface area contributed by atoms with Gasteiger partial charge in [-0.25, -0.2) is 0 Å². The van der Waals surface area contributed by atoms with Crippen molar-refractivity contribution < 1.29 is 10.2 Å². The molecular formula is C22H48N2O2. The number of hydrogen-bond donors (Lipinski definition) is 4. The van der Waals surface area contributed by atoms with Crippen molar-refractivity contribution in [2.75, 3.05) is 26.2 Å². The van der Waals surface area contributed by atoms with Gasteiger partial charge in [0.15, 0.2) is 0 Å². The third-order valence-electron chi connectivity index (χ3n) is 4.96. The van der Waals surface area contributed by atoms with Crippen molar-refractivity contribution in [2.45, 2.75) is 116 Å². The standard InChI is InChI=1S/C22H48N2O2/c1-3-15-21(25)19-23-17-13-11-9-7-5-6-8-10-12-14-18-24-20-22(26)16-4-2/h21-26H,3-20H2,1-2H3. The van der Waals surface area contributed by atoms with Gasteiger partial charge in [-0.2, -0.15) is 0 Å². The van der Waals surface area contributed by atoms with Crippen molar-refractivity contribution in [3.05, 3.63) is 0 Å². The molecule has 0 aromatic carbocycles. The van der Waals surface area contributed by atoms with Crippen molar-refractivity contribution in [1.82, 2.24) is 10.6 Å². The van der Waals surface area contributed by atoms with E-state index in [-0.39, 0.29) is 12.2 Å². The highest BCUT2D eigenvalue weighted by molar-refractivity contribution is 4.59. The number of unbranched alkanes of at least 4 members (excludes halogenated alkanes) is 9. The predicted octanol–water partition coefficient (Wildman–Crippen LogP) is 4.39. The summed E-state index contributed by atoms with van der Waals surface area (Å²) in [5.74, 6) is 0. The first-order valence-corrected chi connectivity index (χ1v) is 11.5. The van der Waals surface area contributed by atoms with Gasteiger partial charge in [-0.1, -0.05) is 78.1 Å². The Bertz CT molecular complexity index is 239. The van der Waals surface area contributed by atoms with Gasteiger partial charge in [-0.15, -0.1) is 0 Å². The summed E-state index contributed by atoms with van der Waals surface area (Å²) in [5, 5.41) is 25.9. The van der Waals surface area contributed by atoms with Crippen LogP contribution in [-0.2, 0) is 0 Å². The molecule has 0 radical (unpaired) electrons. The fraction of sp³-hybridized carbons (Fsp3) is 1.00. The summed E-state index contributed by atoms with van der Waals surface area (Å²) in [7, 11) is 0. The van der Waals surface area contributed by atoms with Crippen LogP contribution in [0.5, 0.6) is 0 Å². The van der Waals surface area contributed by atoms with Crippen LogP contribution in [0, 0.1) is 0 Å². The molecule has 4 heteroatoms. The molecule has 4 N–H and O–H groups in total. The quantitative estimate of drug-likeness (QED) is 0.226. The molecule has 0 saturated carbocycles. The summed E-state index contributed by atoms with van der Waals surface area (Å²) in [6, 6.07) is 0. The molecule has 158 valence electrons. The van der Waals surface area contributed by atoms with Crippen molar-refractivity contribution in [2.24, 2.45) is 0 Å². The van der Waals surface area contributed by atoms with E-state index < -0.39 is 0 Å². The van der Waals surface area contributed by atoms with E-state index in [2.05, 4.69) is 24.5 Å². The molecule has 0 aromatic heterocycles. The van der Waals surface area contributed by atoms with E-state index in [9.17, 15) is 10.2 Å². The zero-order chi connectivity index (χ0) is 19.3. The van der Waals surface area contributed by atoms with Crippen molar-refractivity contribution in [1.29, 1.82) is 0 Å². The minimum absolute atomic E-state index is 0.163. The van der Waals surface area contributed by atoms with Gasteiger partial charge < -0.3 is 20.8 Å². The van der Waals surface area contributed by atoms with Crippen LogP contribution in [0.15, 0.2) is 0 Å². The number of hydrogen-bond acceptors (Lipinski definition) is 4. The fourth-order valence-corrected chi connectivity index (χ4v) is 3.32. The average molecular weight is 373 g/mol. The highest BCUT2D eigenvalue weighted by Crippen LogP contribution is 2.10. The minimum Gasteiger partial charge on any atom is -0.392 e. The molecule has 0 aliphatic rings. The highest BCUT2D eigenvalue weighted by Gasteiger charge is 2.01. The van der Waals surface area contributed by atoms with Crippen molar-refractivity contribution in [3.8, 4) is 0 Å². The van der Waals surface area contributed by atoms with Gasteiger partial charge in [0.05, 0.1) is 12.2 Å².